The molecule has 9 nitrogen and oxygen atoms in total. The molecule has 0 radical (unpaired) electrons. The van der Waals surface area contributed by atoms with Crippen molar-refractivity contribution < 1.29 is 12.9 Å². The van der Waals surface area contributed by atoms with Crippen molar-refractivity contribution in [2.24, 2.45) is 5.73 Å². The second kappa shape index (κ2) is 9.05. The molecule has 1 aliphatic rings. The zero-order chi connectivity index (χ0) is 22.9. The van der Waals surface area contributed by atoms with Crippen molar-refractivity contribution in [3.05, 3.63) is 40.0 Å². The number of anilines is 1. The maximum Gasteiger partial charge on any atom is 0.271 e. The van der Waals surface area contributed by atoms with Gasteiger partial charge in [0.05, 0.1) is 16.1 Å². The Labute approximate surface area is 186 Å². The van der Waals surface area contributed by atoms with Crippen molar-refractivity contribution in [1.29, 1.82) is 0 Å². The molecule has 1 saturated carbocycles. The van der Waals surface area contributed by atoms with Gasteiger partial charge in [-0.1, -0.05) is 18.0 Å². The average Bonchev–Trinajstić information content (AvgIpc) is 3.36. The van der Waals surface area contributed by atoms with Crippen LogP contribution >= 0.6 is 0 Å². The standard InChI is InChI=1S/C22H29N5O4S/c1-13-21(14(2)31-26-13)15-10-18-17(12-19(22(28)25-18)24-9-5-8-23)20(11-15)32(29,30)27-16-6-3-4-7-16/h10-12,16,24,27H,3-9,23H2,1-2H3,(H,25,28). The highest BCUT2D eigenvalue weighted by Crippen LogP contribution is 2.34. The van der Waals surface area contributed by atoms with E-state index in [1.807, 2.05) is 0 Å². The highest BCUT2D eigenvalue weighted by atomic mass is 32.2. The number of nitrogens with one attached hydrogen (secondary N) is 3. The van der Waals surface area contributed by atoms with E-state index in [0.717, 1.165) is 31.2 Å². The Kier molecular flexibility index (Phi) is 6.36. The zero-order valence-corrected chi connectivity index (χ0v) is 19.1. The number of rotatable bonds is 8. The molecule has 2 heterocycles. The second-order valence-corrected chi connectivity index (χ2v) is 10.0. The van der Waals surface area contributed by atoms with Crippen molar-refractivity contribution in [1.82, 2.24) is 14.9 Å². The van der Waals surface area contributed by atoms with Gasteiger partial charge in [-0.05, 0) is 63.4 Å². The van der Waals surface area contributed by atoms with E-state index < -0.39 is 10.0 Å². The fourth-order valence-electron chi connectivity index (χ4n) is 4.32. The highest BCUT2D eigenvalue weighted by Gasteiger charge is 2.26. The molecule has 0 amide bonds. The van der Waals surface area contributed by atoms with E-state index >= 15 is 0 Å². The van der Waals surface area contributed by atoms with E-state index in [1.54, 1.807) is 32.0 Å². The van der Waals surface area contributed by atoms with Gasteiger partial charge in [0.1, 0.15) is 11.4 Å². The third-order valence-electron chi connectivity index (χ3n) is 5.91. The van der Waals surface area contributed by atoms with Crippen molar-refractivity contribution in [2.45, 2.75) is 56.9 Å². The number of aromatic amines is 1. The van der Waals surface area contributed by atoms with E-state index in [9.17, 15) is 13.2 Å². The molecule has 4 rings (SSSR count). The number of H-pyrrole nitrogens is 1. The minimum absolute atomic E-state index is 0.0809. The summed E-state index contributed by atoms with van der Waals surface area (Å²) in [6.07, 6.45) is 4.36. The summed E-state index contributed by atoms with van der Waals surface area (Å²) in [4.78, 5) is 15.6. The summed E-state index contributed by atoms with van der Waals surface area (Å²) in [5.41, 5.74) is 7.96. The zero-order valence-electron chi connectivity index (χ0n) is 18.3. The van der Waals surface area contributed by atoms with Gasteiger partial charge in [-0.25, -0.2) is 13.1 Å². The van der Waals surface area contributed by atoms with Crippen molar-refractivity contribution in [3.63, 3.8) is 0 Å². The number of pyridine rings is 1. The van der Waals surface area contributed by atoms with E-state index in [1.165, 1.54) is 0 Å². The number of fused-ring (bicyclic) bond motifs is 1. The first-order valence-electron chi connectivity index (χ1n) is 10.9. The summed E-state index contributed by atoms with van der Waals surface area (Å²) in [6, 6.07) is 4.92. The molecule has 0 unspecified atom stereocenters. The number of nitrogens with zero attached hydrogens (tertiary/aromatic N) is 1. The van der Waals surface area contributed by atoms with Crippen molar-refractivity contribution in [3.8, 4) is 11.1 Å². The molecule has 0 saturated heterocycles. The van der Waals surface area contributed by atoms with Gasteiger partial charge in [0.15, 0.2) is 0 Å². The first-order valence-corrected chi connectivity index (χ1v) is 12.4. The topological polar surface area (TPSA) is 143 Å². The van der Waals surface area contributed by atoms with Crippen LogP contribution in [0.5, 0.6) is 0 Å². The summed E-state index contributed by atoms with van der Waals surface area (Å²) < 4.78 is 35.1. The number of aryl methyl sites for hydroxylation is 2. The fraction of sp³-hybridized carbons (Fsp3) is 0.455. The number of hydrogen-bond acceptors (Lipinski definition) is 7. The van der Waals surface area contributed by atoms with E-state index in [4.69, 9.17) is 10.3 Å². The minimum Gasteiger partial charge on any atom is -0.381 e. The van der Waals surface area contributed by atoms with Crippen LogP contribution in [0.1, 0.15) is 43.6 Å². The molecule has 3 aromatic rings. The Balaban J connectivity index is 1.90. The Morgan fingerprint density at radius 1 is 1.22 bits per heavy atom. The van der Waals surface area contributed by atoms with Crippen LogP contribution in [0.2, 0.25) is 0 Å². The van der Waals surface area contributed by atoms with Crippen molar-refractivity contribution in [2.75, 3.05) is 18.4 Å². The summed E-state index contributed by atoms with van der Waals surface area (Å²) in [5.74, 6) is 0.580. The van der Waals surface area contributed by atoms with Gasteiger partial charge < -0.3 is 20.6 Å². The first-order chi connectivity index (χ1) is 15.3. The number of nitrogens with two attached hydrogens (primary N) is 1. The van der Waals surface area contributed by atoms with Gasteiger partial charge in [-0.15, -0.1) is 0 Å². The van der Waals surface area contributed by atoms with Crippen LogP contribution in [-0.4, -0.2) is 37.7 Å². The Bertz CT molecular complexity index is 1270. The summed E-state index contributed by atoms with van der Waals surface area (Å²) in [7, 11) is -3.84. The van der Waals surface area contributed by atoms with Crippen LogP contribution in [-0.2, 0) is 10.0 Å². The van der Waals surface area contributed by atoms with Crippen LogP contribution in [0.4, 0.5) is 5.69 Å². The van der Waals surface area contributed by atoms with Gasteiger partial charge in [0.2, 0.25) is 10.0 Å². The second-order valence-electron chi connectivity index (χ2n) is 8.32. The van der Waals surface area contributed by atoms with Crippen molar-refractivity contribution >= 4 is 26.6 Å². The van der Waals surface area contributed by atoms with E-state index in [0.29, 0.717) is 53.1 Å². The molecule has 32 heavy (non-hydrogen) atoms. The molecule has 172 valence electrons. The lowest BCUT2D eigenvalue weighted by atomic mass is 10.0. The lowest BCUT2D eigenvalue weighted by Gasteiger charge is -2.16. The molecule has 1 fully saturated rings. The maximum atomic E-state index is 13.5. The quantitative estimate of drug-likeness (QED) is 0.379. The molecule has 1 aliphatic carbocycles. The molecule has 0 bridgehead atoms. The maximum absolute atomic E-state index is 13.5. The largest absolute Gasteiger partial charge is 0.381 e. The smallest absolute Gasteiger partial charge is 0.271 e. The van der Waals surface area contributed by atoms with Gasteiger partial charge in [-0.3, -0.25) is 4.79 Å². The molecular formula is C22H29N5O4S. The third kappa shape index (κ3) is 4.43. The van der Waals surface area contributed by atoms with Gasteiger partial charge in [-0.2, -0.15) is 0 Å². The number of aromatic nitrogens is 2. The SMILES string of the molecule is Cc1noc(C)c1-c1cc(S(=O)(=O)NC2CCCC2)c2cc(NCCCN)c(=O)[nH]c2c1. The molecule has 5 N–H and O–H groups in total. The van der Waals surface area contributed by atoms with Crippen LogP contribution in [0.3, 0.4) is 0 Å². The van der Waals surface area contributed by atoms with Crippen LogP contribution in [0.25, 0.3) is 22.0 Å². The van der Waals surface area contributed by atoms with Gasteiger partial charge in [0.25, 0.3) is 5.56 Å². The van der Waals surface area contributed by atoms with Gasteiger partial charge in [0, 0.05) is 23.5 Å². The summed E-state index contributed by atoms with van der Waals surface area (Å²) in [5, 5.41) is 7.49. The number of hydrogen-bond donors (Lipinski definition) is 4. The highest BCUT2D eigenvalue weighted by molar-refractivity contribution is 7.89. The van der Waals surface area contributed by atoms with Crippen LogP contribution in [0, 0.1) is 13.8 Å². The number of sulfonamides is 1. The summed E-state index contributed by atoms with van der Waals surface area (Å²) in [6.45, 7) is 4.58. The third-order valence-corrected chi connectivity index (χ3v) is 7.47. The predicted octanol–water partition coefficient (Wildman–Crippen LogP) is 2.78. The lowest BCUT2D eigenvalue weighted by Crippen LogP contribution is -2.33. The normalized spacial score (nSPS) is 15.0. The summed E-state index contributed by atoms with van der Waals surface area (Å²) >= 11 is 0. The molecular weight excluding hydrogens is 430 g/mol. The number of benzene rings is 1. The average molecular weight is 460 g/mol. The monoisotopic (exact) mass is 459 g/mol. The molecule has 2 aromatic heterocycles. The Morgan fingerprint density at radius 3 is 2.62 bits per heavy atom. The lowest BCUT2D eigenvalue weighted by molar-refractivity contribution is 0.393. The molecule has 0 aliphatic heterocycles. The first kappa shape index (κ1) is 22.5. The van der Waals surface area contributed by atoms with E-state index in [2.05, 4.69) is 20.2 Å². The Hall–Kier alpha value is -2.69. The van der Waals surface area contributed by atoms with E-state index in [-0.39, 0.29) is 16.5 Å². The molecule has 0 spiro atoms. The Morgan fingerprint density at radius 2 is 1.97 bits per heavy atom. The van der Waals surface area contributed by atoms with Gasteiger partial charge >= 0.3 is 0 Å². The molecule has 1 aromatic carbocycles. The minimum atomic E-state index is -3.84. The van der Waals surface area contributed by atoms with Crippen LogP contribution in [0.15, 0.2) is 32.4 Å². The molecule has 0 atom stereocenters. The fourth-order valence-corrected chi connectivity index (χ4v) is 5.87. The molecule has 10 heteroatoms. The predicted molar refractivity (Wildman–Crippen MR) is 124 cm³/mol. The van der Waals surface area contributed by atoms with Crippen LogP contribution < -0.4 is 21.3 Å².